The van der Waals surface area contributed by atoms with E-state index in [0.717, 1.165) is 26.2 Å². The zero-order valence-electron chi connectivity index (χ0n) is 15.2. The number of piperazine rings is 1. The molecule has 1 fully saturated rings. The number of amides is 1. The summed E-state index contributed by atoms with van der Waals surface area (Å²) in [6.07, 6.45) is 0. The van der Waals surface area contributed by atoms with Gasteiger partial charge in [-0.2, -0.15) is 0 Å². The number of carbonyl (C=O) groups is 1. The maximum absolute atomic E-state index is 12.3. The number of hydrogen-bond acceptors (Lipinski definition) is 2. The van der Waals surface area contributed by atoms with Crippen molar-refractivity contribution in [2.24, 2.45) is 0 Å². The fraction of sp³-hybridized carbons (Fsp3) is 0.381. The lowest BCUT2D eigenvalue weighted by Crippen LogP contribution is -3.15. The monoisotopic (exact) mass is 338 g/mol. The van der Waals surface area contributed by atoms with E-state index in [9.17, 15) is 4.79 Å². The highest BCUT2D eigenvalue weighted by molar-refractivity contribution is 5.76. The Morgan fingerprint density at radius 2 is 1.64 bits per heavy atom. The van der Waals surface area contributed by atoms with Crippen LogP contribution in [0.2, 0.25) is 0 Å². The summed E-state index contributed by atoms with van der Waals surface area (Å²) in [6.45, 7) is 9.45. The van der Waals surface area contributed by atoms with E-state index in [1.807, 2.05) is 12.1 Å². The lowest BCUT2D eigenvalue weighted by Gasteiger charge is -2.34. The van der Waals surface area contributed by atoms with E-state index in [1.165, 1.54) is 27.3 Å². The number of anilines is 1. The van der Waals surface area contributed by atoms with Crippen LogP contribution >= 0.6 is 0 Å². The molecule has 4 heteroatoms. The van der Waals surface area contributed by atoms with Crippen LogP contribution in [0.1, 0.15) is 16.7 Å². The van der Waals surface area contributed by atoms with Crippen molar-refractivity contribution in [1.82, 2.24) is 5.32 Å². The van der Waals surface area contributed by atoms with Gasteiger partial charge < -0.3 is 15.1 Å². The summed E-state index contributed by atoms with van der Waals surface area (Å²) in [5.41, 5.74) is 5.06. The van der Waals surface area contributed by atoms with E-state index in [0.29, 0.717) is 13.1 Å². The van der Waals surface area contributed by atoms with Gasteiger partial charge >= 0.3 is 0 Å². The van der Waals surface area contributed by atoms with Gasteiger partial charge in [0.25, 0.3) is 5.91 Å². The van der Waals surface area contributed by atoms with Crippen molar-refractivity contribution in [2.75, 3.05) is 37.6 Å². The summed E-state index contributed by atoms with van der Waals surface area (Å²) in [5, 5.41) is 3.07. The lowest BCUT2D eigenvalue weighted by atomic mass is 10.1. The Morgan fingerprint density at radius 3 is 2.32 bits per heavy atom. The van der Waals surface area contributed by atoms with Crippen LogP contribution in [0.15, 0.2) is 48.5 Å². The first kappa shape index (κ1) is 17.5. The Hall–Kier alpha value is -2.33. The molecule has 1 amide bonds. The third-order valence-electron chi connectivity index (χ3n) is 5.07. The molecule has 2 N–H and O–H groups in total. The van der Waals surface area contributed by atoms with Crippen molar-refractivity contribution in [3.8, 4) is 0 Å². The van der Waals surface area contributed by atoms with Gasteiger partial charge in [0.2, 0.25) is 0 Å². The maximum atomic E-state index is 12.3. The molecule has 0 atom stereocenters. The molecule has 0 radical (unpaired) electrons. The molecule has 2 aromatic carbocycles. The summed E-state index contributed by atoms with van der Waals surface area (Å²) >= 11 is 0. The first-order chi connectivity index (χ1) is 12.1. The minimum absolute atomic E-state index is 0.141. The van der Waals surface area contributed by atoms with Crippen molar-refractivity contribution in [3.05, 3.63) is 65.2 Å². The van der Waals surface area contributed by atoms with Crippen LogP contribution < -0.4 is 15.1 Å². The van der Waals surface area contributed by atoms with Gasteiger partial charge in [-0.15, -0.1) is 0 Å². The van der Waals surface area contributed by atoms with E-state index in [2.05, 4.69) is 60.5 Å². The molecule has 0 saturated carbocycles. The van der Waals surface area contributed by atoms with Crippen LogP contribution in [0.5, 0.6) is 0 Å². The van der Waals surface area contributed by atoms with Gasteiger partial charge in [-0.3, -0.25) is 4.79 Å². The molecule has 2 aromatic rings. The highest BCUT2D eigenvalue weighted by Gasteiger charge is 2.22. The average molecular weight is 338 g/mol. The van der Waals surface area contributed by atoms with Crippen molar-refractivity contribution in [2.45, 2.75) is 20.4 Å². The second-order valence-electron chi connectivity index (χ2n) is 6.90. The van der Waals surface area contributed by atoms with Gasteiger partial charge in [-0.05, 0) is 36.6 Å². The molecule has 0 aliphatic carbocycles. The van der Waals surface area contributed by atoms with Crippen LogP contribution in [0.4, 0.5) is 5.69 Å². The van der Waals surface area contributed by atoms with Gasteiger partial charge in [-0.1, -0.05) is 42.5 Å². The summed E-state index contributed by atoms with van der Waals surface area (Å²) in [7, 11) is 0. The van der Waals surface area contributed by atoms with E-state index in [4.69, 9.17) is 0 Å². The normalized spacial score (nSPS) is 15.2. The molecule has 0 unspecified atom stereocenters. The molecule has 1 aliphatic rings. The smallest absolute Gasteiger partial charge is 0.275 e. The highest BCUT2D eigenvalue weighted by atomic mass is 16.2. The van der Waals surface area contributed by atoms with Crippen molar-refractivity contribution >= 4 is 11.6 Å². The van der Waals surface area contributed by atoms with E-state index in [-0.39, 0.29) is 5.91 Å². The van der Waals surface area contributed by atoms with Crippen LogP contribution in [0.3, 0.4) is 0 Å². The van der Waals surface area contributed by atoms with E-state index < -0.39 is 0 Å². The first-order valence-corrected chi connectivity index (χ1v) is 9.09. The summed E-state index contributed by atoms with van der Waals surface area (Å²) in [4.78, 5) is 16.1. The first-order valence-electron chi connectivity index (χ1n) is 9.09. The van der Waals surface area contributed by atoms with Crippen molar-refractivity contribution in [1.29, 1.82) is 0 Å². The van der Waals surface area contributed by atoms with Gasteiger partial charge in [0, 0.05) is 12.2 Å². The fourth-order valence-electron chi connectivity index (χ4n) is 3.45. The number of benzene rings is 2. The predicted molar refractivity (Wildman–Crippen MR) is 102 cm³/mol. The van der Waals surface area contributed by atoms with Crippen LogP contribution in [0.25, 0.3) is 0 Å². The Balaban J connectivity index is 1.45. The topological polar surface area (TPSA) is 36.8 Å². The molecular weight excluding hydrogens is 310 g/mol. The number of nitrogens with one attached hydrogen (secondary N) is 2. The largest absolute Gasteiger partial charge is 0.360 e. The molecule has 3 rings (SSSR count). The number of carbonyl (C=O) groups excluding carboxylic acids is 1. The Labute approximate surface area is 150 Å². The number of hydrogen-bond donors (Lipinski definition) is 2. The fourth-order valence-corrected chi connectivity index (χ4v) is 3.45. The molecule has 0 bridgehead atoms. The van der Waals surface area contributed by atoms with Crippen LogP contribution in [0, 0.1) is 13.8 Å². The molecule has 1 heterocycles. The number of aryl methyl sites for hydroxylation is 2. The van der Waals surface area contributed by atoms with Crippen LogP contribution in [-0.4, -0.2) is 38.6 Å². The number of rotatable bonds is 5. The molecule has 1 aliphatic heterocycles. The minimum Gasteiger partial charge on any atom is -0.360 e. The Kier molecular flexibility index (Phi) is 5.71. The lowest BCUT2D eigenvalue weighted by molar-refractivity contribution is -0.892. The van der Waals surface area contributed by atoms with Gasteiger partial charge in [0.15, 0.2) is 6.54 Å². The minimum atomic E-state index is 0.141. The number of quaternary nitrogens is 1. The molecule has 25 heavy (non-hydrogen) atoms. The Bertz CT molecular complexity index is 721. The number of para-hydroxylation sites is 1. The second kappa shape index (κ2) is 8.17. The quantitative estimate of drug-likeness (QED) is 0.863. The standard InChI is InChI=1S/C21H27N3O/c1-17-7-3-5-9-19(17)15-22-21(25)16-23-11-13-24(14-12-23)20-10-6-4-8-18(20)2/h3-10H,11-16H2,1-2H3,(H,22,25)/p+1. The molecule has 0 spiro atoms. The zero-order valence-corrected chi connectivity index (χ0v) is 15.2. The van der Waals surface area contributed by atoms with E-state index >= 15 is 0 Å². The average Bonchev–Trinajstić information content (AvgIpc) is 2.62. The van der Waals surface area contributed by atoms with E-state index in [1.54, 1.807) is 0 Å². The van der Waals surface area contributed by atoms with Gasteiger partial charge in [0.05, 0.1) is 26.2 Å². The molecule has 4 nitrogen and oxygen atoms in total. The SMILES string of the molecule is Cc1ccccc1CNC(=O)C[NH+]1CCN(c2ccccc2C)CC1. The van der Waals surface area contributed by atoms with Crippen molar-refractivity contribution < 1.29 is 9.69 Å². The summed E-state index contributed by atoms with van der Waals surface area (Å²) < 4.78 is 0. The second-order valence-corrected chi connectivity index (χ2v) is 6.90. The van der Waals surface area contributed by atoms with Gasteiger partial charge in [-0.25, -0.2) is 0 Å². The molecule has 132 valence electrons. The third kappa shape index (κ3) is 4.60. The summed E-state index contributed by atoms with van der Waals surface area (Å²) in [6, 6.07) is 16.7. The molecule has 0 aromatic heterocycles. The number of nitrogens with zero attached hydrogens (tertiary/aromatic N) is 1. The van der Waals surface area contributed by atoms with Gasteiger partial charge in [0.1, 0.15) is 0 Å². The third-order valence-corrected chi connectivity index (χ3v) is 5.07. The predicted octanol–water partition coefficient (Wildman–Crippen LogP) is 1.32. The summed E-state index contributed by atoms with van der Waals surface area (Å²) in [5.74, 6) is 0.141. The van der Waals surface area contributed by atoms with Crippen LogP contribution in [-0.2, 0) is 11.3 Å². The molecular formula is C21H28N3O+. The highest BCUT2D eigenvalue weighted by Crippen LogP contribution is 2.18. The zero-order chi connectivity index (χ0) is 17.6. The Morgan fingerprint density at radius 1 is 1.00 bits per heavy atom. The maximum Gasteiger partial charge on any atom is 0.275 e. The molecule has 1 saturated heterocycles. The van der Waals surface area contributed by atoms with Crippen molar-refractivity contribution in [3.63, 3.8) is 0 Å².